The summed E-state index contributed by atoms with van der Waals surface area (Å²) in [6.07, 6.45) is -0.703. The maximum atomic E-state index is 13.8. The number of aromatic nitrogens is 2. The van der Waals surface area contributed by atoms with Gasteiger partial charge in [0.15, 0.2) is 11.5 Å². The second kappa shape index (κ2) is 6.55. The summed E-state index contributed by atoms with van der Waals surface area (Å²) in [7, 11) is 1.77. The Morgan fingerprint density at radius 1 is 1.17 bits per heavy atom. The fourth-order valence-electron chi connectivity index (χ4n) is 4.22. The Bertz CT molecular complexity index is 1010. The largest absolute Gasteiger partial charge is 0.586 e. The Hall–Kier alpha value is -2.94. The summed E-state index contributed by atoms with van der Waals surface area (Å²) in [6.45, 7) is 3.70. The predicted octanol–water partition coefficient (Wildman–Crippen LogP) is 3.51. The van der Waals surface area contributed by atoms with Crippen LogP contribution >= 0.6 is 0 Å². The average Bonchev–Trinajstić information content (AvgIpc) is 3.32. The molecular weight excluding hydrogens is 380 g/mol. The minimum atomic E-state index is -3.68. The van der Waals surface area contributed by atoms with Gasteiger partial charge in [-0.25, -0.2) is 4.98 Å². The summed E-state index contributed by atoms with van der Waals surface area (Å²) in [5.41, 5.74) is 2.96. The molecule has 1 aliphatic carbocycles. The second-order valence-electron chi connectivity index (χ2n) is 7.59. The van der Waals surface area contributed by atoms with E-state index in [0.29, 0.717) is 34.9 Å². The van der Waals surface area contributed by atoms with E-state index in [1.807, 2.05) is 13.0 Å². The Morgan fingerprint density at radius 2 is 2.03 bits per heavy atom. The van der Waals surface area contributed by atoms with Crippen molar-refractivity contribution in [3.8, 4) is 11.5 Å². The summed E-state index contributed by atoms with van der Waals surface area (Å²) in [5, 5.41) is 9.45. The van der Waals surface area contributed by atoms with E-state index in [-0.39, 0.29) is 11.5 Å². The highest BCUT2D eigenvalue weighted by atomic mass is 19.3. The number of ether oxygens (including phenoxy) is 2. The standard InChI is InChI=1S/C20H21F2N5O2/c1-10-3-17(23-2)27-19(25-10)26-14-6-15(11-4-12-8-24-9-13(12)5-11)18-16(7-14)28-20(21,22)29-18/h3-4,6-7,12-13,24H,5,8-9H2,1-2H3,(H2,23,25,26,27)/t12?,13-/m1/s1. The Morgan fingerprint density at radius 3 is 2.83 bits per heavy atom. The van der Waals surface area contributed by atoms with Crippen LogP contribution in [0.4, 0.5) is 26.2 Å². The number of benzene rings is 1. The van der Waals surface area contributed by atoms with Crippen LogP contribution in [-0.2, 0) is 0 Å². The van der Waals surface area contributed by atoms with Gasteiger partial charge in [-0.1, -0.05) is 6.08 Å². The number of rotatable bonds is 4. The maximum absolute atomic E-state index is 13.8. The number of alkyl halides is 2. The average molecular weight is 401 g/mol. The van der Waals surface area contributed by atoms with E-state index in [2.05, 4.69) is 32.0 Å². The first-order valence-electron chi connectivity index (χ1n) is 9.56. The second-order valence-corrected chi connectivity index (χ2v) is 7.59. The fraction of sp³-hybridized carbons (Fsp3) is 0.400. The quantitative estimate of drug-likeness (QED) is 0.723. The van der Waals surface area contributed by atoms with Gasteiger partial charge >= 0.3 is 6.29 Å². The molecule has 1 saturated heterocycles. The van der Waals surface area contributed by atoms with E-state index in [1.165, 1.54) is 6.07 Å². The lowest BCUT2D eigenvalue weighted by Gasteiger charge is -2.13. The number of nitrogens with zero attached hydrogens (tertiary/aromatic N) is 2. The van der Waals surface area contributed by atoms with Crippen molar-refractivity contribution in [1.82, 2.24) is 15.3 Å². The number of allylic oxidation sites excluding steroid dienone is 1. The molecule has 1 aromatic carbocycles. The third kappa shape index (κ3) is 3.35. The van der Waals surface area contributed by atoms with Crippen LogP contribution in [0.3, 0.4) is 0 Å². The molecule has 2 aliphatic heterocycles. The van der Waals surface area contributed by atoms with Crippen LogP contribution in [0.2, 0.25) is 0 Å². The topological polar surface area (TPSA) is 80.3 Å². The lowest BCUT2D eigenvalue weighted by atomic mass is 9.97. The van der Waals surface area contributed by atoms with Crippen LogP contribution < -0.4 is 25.4 Å². The van der Waals surface area contributed by atoms with E-state index in [4.69, 9.17) is 9.47 Å². The molecule has 152 valence electrons. The molecule has 3 aliphatic rings. The molecule has 0 saturated carbocycles. The zero-order valence-corrected chi connectivity index (χ0v) is 16.1. The van der Waals surface area contributed by atoms with E-state index in [1.54, 1.807) is 13.1 Å². The zero-order valence-electron chi connectivity index (χ0n) is 16.1. The van der Waals surface area contributed by atoms with Crippen LogP contribution in [0.5, 0.6) is 11.5 Å². The highest BCUT2D eigenvalue weighted by Crippen LogP contribution is 2.50. The van der Waals surface area contributed by atoms with Gasteiger partial charge in [-0.05, 0) is 43.4 Å². The molecule has 9 heteroatoms. The minimum absolute atomic E-state index is 0.00702. The smallest absolute Gasteiger partial charge is 0.395 e. The number of hydrogen-bond acceptors (Lipinski definition) is 7. The van der Waals surface area contributed by atoms with Crippen molar-refractivity contribution < 1.29 is 18.3 Å². The predicted molar refractivity (Wildman–Crippen MR) is 105 cm³/mol. The lowest BCUT2D eigenvalue weighted by Crippen LogP contribution is -2.26. The van der Waals surface area contributed by atoms with E-state index >= 15 is 0 Å². The molecule has 29 heavy (non-hydrogen) atoms. The van der Waals surface area contributed by atoms with Gasteiger partial charge in [0, 0.05) is 42.7 Å². The number of hydrogen-bond donors (Lipinski definition) is 3. The molecular formula is C20H21F2N5O2. The van der Waals surface area contributed by atoms with Gasteiger partial charge in [-0.3, -0.25) is 0 Å². The van der Waals surface area contributed by atoms with Crippen molar-refractivity contribution in [2.45, 2.75) is 19.6 Å². The molecule has 0 bridgehead atoms. The highest BCUT2D eigenvalue weighted by molar-refractivity contribution is 5.80. The Balaban J connectivity index is 1.53. The maximum Gasteiger partial charge on any atom is 0.586 e. The molecule has 3 N–H and O–H groups in total. The molecule has 1 aromatic heterocycles. The summed E-state index contributed by atoms with van der Waals surface area (Å²) in [5.74, 6) is 2.02. The highest BCUT2D eigenvalue weighted by Gasteiger charge is 2.46. The monoisotopic (exact) mass is 401 g/mol. The van der Waals surface area contributed by atoms with Crippen LogP contribution in [0.25, 0.3) is 5.57 Å². The third-order valence-corrected chi connectivity index (χ3v) is 5.51. The molecule has 3 heterocycles. The van der Waals surface area contributed by atoms with E-state index in [0.717, 1.165) is 30.8 Å². The summed E-state index contributed by atoms with van der Waals surface area (Å²) in [4.78, 5) is 8.73. The first-order valence-corrected chi connectivity index (χ1v) is 9.56. The number of halogens is 2. The molecule has 0 spiro atoms. The SMILES string of the molecule is CNc1cc(C)nc(Nc2cc3c(c(C4=CC5CNC[C@H]5C4)c2)OC(F)(F)O3)n1. The number of anilines is 3. The van der Waals surface area contributed by atoms with Crippen molar-refractivity contribution in [3.63, 3.8) is 0 Å². The zero-order chi connectivity index (χ0) is 20.2. The third-order valence-electron chi connectivity index (χ3n) is 5.51. The fourth-order valence-corrected chi connectivity index (χ4v) is 4.22. The molecule has 2 aromatic rings. The summed E-state index contributed by atoms with van der Waals surface area (Å²) < 4.78 is 37.2. The van der Waals surface area contributed by atoms with Crippen molar-refractivity contribution in [2.24, 2.45) is 11.8 Å². The van der Waals surface area contributed by atoms with Crippen molar-refractivity contribution in [1.29, 1.82) is 0 Å². The molecule has 0 amide bonds. The Labute approximate surface area is 166 Å². The molecule has 1 fully saturated rings. The van der Waals surface area contributed by atoms with Gasteiger partial charge in [0.05, 0.1) is 0 Å². The first-order chi connectivity index (χ1) is 13.9. The van der Waals surface area contributed by atoms with Crippen LogP contribution in [-0.4, -0.2) is 36.4 Å². The van der Waals surface area contributed by atoms with Crippen molar-refractivity contribution >= 4 is 23.0 Å². The minimum Gasteiger partial charge on any atom is -0.395 e. The van der Waals surface area contributed by atoms with Crippen molar-refractivity contribution in [3.05, 3.63) is 35.5 Å². The lowest BCUT2D eigenvalue weighted by molar-refractivity contribution is -0.286. The van der Waals surface area contributed by atoms with Gasteiger partial charge in [0.1, 0.15) is 5.82 Å². The van der Waals surface area contributed by atoms with Crippen molar-refractivity contribution in [2.75, 3.05) is 30.8 Å². The number of nitrogens with one attached hydrogen (secondary N) is 3. The van der Waals surface area contributed by atoms with Gasteiger partial charge in [-0.15, -0.1) is 8.78 Å². The number of fused-ring (bicyclic) bond motifs is 2. The summed E-state index contributed by atoms with van der Waals surface area (Å²) in [6, 6.07) is 5.10. The van der Waals surface area contributed by atoms with Gasteiger partial charge in [0.2, 0.25) is 5.95 Å². The van der Waals surface area contributed by atoms with E-state index < -0.39 is 6.29 Å². The van der Waals surface area contributed by atoms with Crippen LogP contribution in [0, 0.1) is 18.8 Å². The molecule has 2 atom stereocenters. The molecule has 1 unspecified atom stereocenters. The molecule has 7 nitrogen and oxygen atoms in total. The summed E-state index contributed by atoms with van der Waals surface area (Å²) >= 11 is 0. The molecule has 5 rings (SSSR count). The normalized spacial score (nSPS) is 23.7. The molecule has 0 radical (unpaired) electrons. The number of aryl methyl sites for hydroxylation is 1. The van der Waals surface area contributed by atoms with Gasteiger partial charge in [-0.2, -0.15) is 4.98 Å². The van der Waals surface area contributed by atoms with E-state index in [9.17, 15) is 8.78 Å². The van der Waals surface area contributed by atoms with Gasteiger partial charge < -0.3 is 25.4 Å². The van der Waals surface area contributed by atoms with Crippen LogP contribution in [0.15, 0.2) is 24.3 Å². The van der Waals surface area contributed by atoms with Gasteiger partial charge in [0.25, 0.3) is 0 Å². The van der Waals surface area contributed by atoms with Crippen LogP contribution in [0.1, 0.15) is 17.7 Å². The Kier molecular flexibility index (Phi) is 4.09. The first kappa shape index (κ1) is 18.1.